The molecule has 6 N–H and O–H groups in total. The molecule has 9 nitrogen and oxygen atoms in total. The van der Waals surface area contributed by atoms with Crippen molar-refractivity contribution in [2.45, 2.75) is 24.6 Å². The summed E-state index contributed by atoms with van der Waals surface area (Å²) in [5, 5.41) is 11.3. The zero-order valence-corrected chi connectivity index (χ0v) is 19.1. The summed E-state index contributed by atoms with van der Waals surface area (Å²) in [6.07, 6.45) is -0.928. The van der Waals surface area contributed by atoms with Gasteiger partial charge in [-0.3, -0.25) is 19.7 Å². The molecule has 0 bridgehead atoms. The minimum Gasteiger partial charge on any atom is -0.338 e. The highest BCUT2D eigenvalue weighted by molar-refractivity contribution is 8.00. The van der Waals surface area contributed by atoms with Gasteiger partial charge in [-0.2, -0.15) is 0 Å². The monoisotopic (exact) mass is 488 g/mol. The highest BCUT2D eigenvalue weighted by Gasteiger charge is 2.35. The van der Waals surface area contributed by atoms with Gasteiger partial charge >= 0.3 is 0 Å². The van der Waals surface area contributed by atoms with E-state index in [0.29, 0.717) is 5.13 Å². The Balaban J connectivity index is 1.28. The summed E-state index contributed by atoms with van der Waals surface area (Å²) in [4.78, 5) is 41.5. The number of nitrogens with two attached hydrogens (primary N) is 1. The Hall–Kier alpha value is -3.06. The molecule has 1 saturated heterocycles. The number of anilines is 1. The molecule has 1 fully saturated rings. The summed E-state index contributed by atoms with van der Waals surface area (Å²) in [5.41, 5.74) is 7.10. The number of rotatable bonds is 6. The first-order valence-electron chi connectivity index (χ1n) is 9.96. The molecule has 4 rings (SSSR count). The van der Waals surface area contributed by atoms with E-state index in [0.717, 1.165) is 33.6 Å². The number of aryl methyl sites for hydroxylation is 1. The van der Waals surface area contributed by atoms with Crippen LogP contribution in [0, 0.1) is 12.7 Å². The van der Waals surface area contributed by atoms with Crippen molar-refractivity contribution in [2.24, 2.45) is 5.73 Å². The van der Waals surface area contributed by atoms with Crippen LogP contribution in [0.3, 0.4) is 0 Å². The van der Waals surface area contributed by atoms with Gasteiger partial charge in [0.2, 0.25) is 11.8 Å². The molecule has 0 aliphatic carbocycles. The van der Waals surface area contributed by atoms with Crippen molar-refractivity contribution >= 4 is 56.2 Å². The second kappa shape index (κ2) is 9.83. The first-order chi connectivity index (χ1) is 15.8. The predicted octanol–water partition coefficient (Wildman–Crippen LogP) is 1.50. The number of thiazole rings is 1. The molecule has 0 saturated carbocycles. The van der Waals surface area contributed by atoms with E-state index in [-0.39, 0.29) is 17.2 Å². The summed E-state index contributed by atoms with van der Waals surface area (Å²) in [6.45, 7) is 1.99. The third-order valence-corrected chi connectivity index (χ3v) is 6.78. The predicted molar refractivity (Wildman–Crippen MR) is 126 cm³/mol. The van der Waals surface area contributed by atoms with Crippen LogP contribution in [0.15, 0.2) is 42.5 Å². The number of nitrogens with zero attached hydrogens (tertiary/aromatic N) is 1. The van der Waals surface area contributed by atoms with Gasteiger partial charge in [0.15, 0.2) is 5.13 Å². The maximum atomic E-state index is 13.8. The number of thioether (sulfide) groups is 1. The van der Waals surface area contributed by atoms with Crippen molar-refractivity contribution in [1.29, 1.82) is 0 Å². The summed E-state index contributed by atoms with van der Waals surface area (Å²) < 4.78 is 14.8. The van der Waals surface area contributed by atoms with E-state index >= 15 is 0 Å². The van der Waals surface area contributed by atoms with Gasteiger partial charge in [0, 0.05) is 0 Å². The normalized spacial score (nSPS) is 20.3. The van der Waals surface area contributed by atoms with Crippen LogP contribution in [-0.2, 0) is 9.59 Å². The molecule has 3 unspecified atom stereocenters. The van der Waals surface area contributed by atoms with Crippen molar-refractivity contribution in [3.05, 3.63) is 59.4 Å². The molecule has 3 atom stereocenters. The lowest BCUT2D eigenvalue weighted by atomic mass is 10.1. The first kappa shape index (κ1) is 23.1. The summed E-state index contributed by atoms with van der Waals surface area (Å²) in [7, 11) is 0. The number of carbonyl (C=O) groups excluding carboxylic acids is 3. The SMILES string of the molecule is Cc1ccc2nc(NC(=O)CSC3NC(=O)C(NC(=O)c4ccccc4F)C(N)N3)sc2c1. The number of aromatic nitrogens is 1. The maximum absolute atomic E-state index is 13.8. The van der Waals surface area contributed by atoms with Crippen molar-refractivity contribution in [2.75, 3.05) is 11.1 Å². The van der Waals surface area contributed by atoms with Gasteiger partial charge in [-0.1, -0.05) is 29.5 Å². The van der Waals surface area contributed by atoms with E-state index in [2.05, 4.69) is 26.3 Å². The Morgan fingerprint density at radius 3 is 2.82 bits per heavy atom. The summed E-state index contributed by atoms with van der Waals surface area (Å²) >= 11 is 2.51. The molecular weight excluding hydrogens is 467 g/mol. The van der Waals surface area contributed by atoms with Gasteiger partial charge in [-0.15, -0.1) is 11.8 Å². The number of nitrogens with one attached hydrogen (secondary N) is 4. The molecule has 33 heavy (non-hydrogen) atoms. The Kier molecular flexibility index (Phi) is 6.88. The molecule has 3 aromatic rings. The maximum Gasteiger partial charge on any atom is 0.254 e. The molecule has 1 aliphatic heterocycles. The Morgan fingerprint density at radius 1 is 1.27 bits per heavy atom. The van der Waals surface area contributed by atoms with Gasteiger partial charge in [0.25, 0.3) is 5.91 Å². The summed E-state index contributed by atoms with van der Waals surface area (Å²) in [6, 6.07) is 10.2. The largest absolute Gasteiger partial charge is 0.338 e. The van der Waals surface area contributed by atoms with Crippen LogP contribution < -0.4 is 27.0 Å². The van der Waals surface area contributed by atoms with Crippen LogP contribution in [0.25, 0.3) is 10.2 Å². The summed E-state index contributed by atoms with van der Waals surface area (Å²) in [5.74, 6) is -2.23. The zero-order valence-electron chi connectivity index (χ0n) is 17.4. The first-order valence-corrected chi connectivity index (χ1v) is 11.8. The van der Waals surface area contributed by atoms with Crippen LogP contribution in [0.4, 0.5) is 9.52 Å². The lowest BCUT2D eigenvalue weighted by Crippen LogP contribution is -2.70. The Labute approximate surface area is 196 Å². The molecule has 3 amide bonds. The van der Waals surface area contributed by atoms with Gasteiger partial charge in [-0.05, 0) is 36.8 Å². The van der Waals surface area contributed by atoms with Crippen molar-refractivity contribution in [3.63, 3.8) is 0 Å². The fraction of sp³-hybridized carbons (Fsp3) is 0.238. The quantitative estimate of drug-likeness (QED) is 0.354. The third-order valence-electron chi connectivity index (χ3n) is 4.84. The van der Waals surface area contributed by atoms with Crippen LogP contribution in [-0.4, -0.2) is 46.2 Å². The molecule has 0 radical (unpaired) electrons. The smallest absolute Gasteiger partial charge is 0.254 e. The molecule has 1 aromatic heterocycles. The fourth-order valence-electron chi connectivity index (χ4n) is 3.20. The molecule has 2 heterocycles. The van der Waals surface area contributed by atoms with E-state index < -0.39 is 35.3 Å². The highest BCUT2D eigenvalue weighted by Crippen LogP contribution is 2.26. The van der Waals surface area contributed by atoms with E-state index in [1.165, 1.54) is 29.5 Å². The number of fused-ring (bicyclic) bond motifs is 1. The zero-order chi connectivity index (χ0) is 23.5. The number of halogens is 1. The van der Waals surface area contributed by atoms with E-state index in [9.17, 15) is 18.8 Å². The average molecular weight is 489 g/mol. The number of benzene rings is 2. The van der Waals surface area contributed by atoms with E-state index in [1.807, 2.05) is 25.1 Å². The minimum atomic E-state index is -1.10. The van der Waals surface area contributed by atoms with E-state index in [4.69, 9.17) is 5.73 Å². The molecule has 2 aromatic carbocycles. The number of carbonyl (C=O) groups is 3. The molecule has 172 valence electrons. The van der Waals surface area contributed by atoms with Gasteiger partial charge in [0.05, 0.1) is 27.7 Å². The Morgan fingerprint density at radius 2 is 2.06 bits per heavy atom. The second-order valence-corrected chi connectivity index (χ2v) is 9.49. The number of amides is 3. The van der Waals surface area contributed by atoms with Crippen LogP contribution >= 0.6 is 23.1 Å². The van der Waals surface area contributed by atoms with Crippen LogP contribution in [0.5, 0.6) is 0 Å². The van der Waals surface area contributed by atoms with Crippen molar-refractivity contribution in [3.8, 4) is 0 Å². The standard InChI is InChI=1S/C21H21FN6O3S2/c1-10-6-7-13-14(8-10)33-21(24-13)25-15(29)9-32-20-27-17(23)16(19(31)28-20)26-18(30)11-4-2-3-5-12(11)22/h2-8,16-17,20,27H,9,23H2,1H3,(H,26,30)(H,28,31)(H,24,25,29). The van der Waals surface area contributed by atoms with Gasteiger partial charge in [0.1, 0.15) is 17.4 Å². The molecule has 0 spiro atoms. The van der Waals surface area contributed by atoms with Crippen molar-refractivity contribution < 1.29 is 18.8 Å². The third kappa shape index (κ3) is 5.47. The molecule has 1 aliphatic rings. The average Bonchev–Trinajstić information content (AvgIpc) is 3.16. The van der Waals surface area contributed by atoms with Crippen LogP contribution in [0.2, 0.25) is 0 Å². The molecule has 12 heteroatoms. The van der Waals surface area contributed by atoms with Crippen LogP contribution in [0.1, 0.15) is 15.9 Å². The number of hydrogen-bond donors (Lipinski definition) is 5. The topological polar surface area (TPSA) is 138 Å². The van der Waals surface area contributed by atoms with E-state index in [1.54, 1.807) is 0 Å². The highest BCUT2D eigenvalue weighted by atomic mass is 32.2. The molecular formula is C21H21FN6O3S2. The number of hydrogen-bond acceptors (Lipinski definition) is 8. The minimum absolute atomic E-state index is 0.0336. The van der Waals surface area contributed by atoms with Crippen molar-refractivity contribution in [1.82, 2.24) is 20.9 Å². The Bertz CT molecular complexity index is 1220. The fourth-order valence-corrected chi connectivity index (χ4v) is 5.03. The van der Waals surface area contributed by atoms with Gasteiger partial charge in [-0.25, -0.2) is 9.37 Å². The second-order valence-electron chi connectivity index (χ2n) is 7.36. The van der Waals surface area contributed by atoms with Gasteiger partial charge < -0.3 is 21.7 Å². The lowest BCUT2D eigenvalue weighted by molar-refractivity contribution is -0.125. The lowest BCUT2D eigenvalue weighted by Gasteiger charge is -2.35.